The fourth-order valence-electron chi connectivity index (χ4n) is 1.38. The molecule has 1 aliphatic heterocycles. The van der Waals surface area contributed by atoms with Crippen LogP contribution in [0.2, 0.25) is 0 Å². The minimum Gasteiger partial charge on any atom is -0.307 e. The molecule has 1 N–H and O–H groups in total. The van der Waals surface area contributed by atoms with Gasteiger partial charge in [0.05, 0.1) is 6.04 Å². The van der Waals surface area contributed by atoms with E-state index in [-0.39, 0.29) is 6.42 Å². The molecule has 0 saturated carbocycles. The summed E-state index contributed by atoms with van der Waals surface area (Å²) >= 11 is 0. The summed E-state index contributed by atoms with van der Waals surface area (Å²) in [6, 6.07) is -0.651. The largest absolute Gasteiger partial charge is 0.307 e. The molecule has 1 aliphatic rings. The maximum Gasteiger partial charge on any atom is 0.265 e. The van der Waals surface area contributed by atoms with E-state index in [1.807, 2.05) is 18.9 Å². The summed E-state index contributed by atoms with van der Waals surface area (Å²) in [5.41, 5.74) is 0. The van der Waals surface area contributed by atoms with Crippen LogP contribution in [0.25, 0.3) is 0 Å². The van der Waals surface area contributed by atoms with E-state index in [0.29, 0.717) is 13.1 Å². The highest BCUT2D eigenvalue weighted by atomic mass is 19.3. The van der Waals surface area contributed by atoms with E-state index in [2.05, 4.69) is 5.32 Å². The van der Waals surface area contributed by atoms with Gasteiger partial charge in [0.2, 0.25) is 0 Å². The molecule has 0 bridgehead atoms. The van der Waals surface area contributed by atoms with E-state index >= 15 is 0 Å². The van der Waals surface area contributed by atoms with Crippen molar-refractivity contribution in [2.45, 2.75) is 25.3 Å². The SMILES string of the molecule is CCN(C)CC1NCCC1(F)F. The Bertz CT molecular complexity index is 150. The molecule has 1 atom stereocenters. The number of rotatable bonds is 3. The predicted octanol–water partition coefficient (Wildman–Crippen LogP) is 0.935. The first-order valence-electron chi connectivity index (χ1n) is 4.36. The van der Waals surface area contributed by atoms with Gasteiger partial charge in [-0.05, 0) is 13.6 Å². The molecule has 0 radical (unpaired) electrons. The first kappa shape index (κ1) is 9.86. The van der Waals surface area contributed by atoms with Crippen LogP contribution in [0.1, 0.15) is 13.3 Å². The zero-order chi connectivity index (χ0) is 9.19. The monoisotopic (exact) mass is 178 g/mol. The topological polar surface area (TPSA) is 15.3 Å². The molecule has 1 saturated heterocycles. The zero-order valence-corrected chi connectivity index (χ0v) is 7.61. The molecule has 0 spiro atoms. The molecule has 1 unspecified atom stereocenters. The van der Waals surface area contributed by atoms with Crippen molar-refractivity contribution >= 4 is 0 Å². The van der Waals surface area contributed by atoms with Gasteiger partial charge in [-0.25, -0.2) is 8.78 Å². The Morgan fingerprint density at radius 3 is 2.67 bits per heavy atom. The Balaban J connectivity index is 2.41. The summed E-state index contributed by atoms with van der Waals surface area (Å²) in [4.78, 5) is 1.90. The Morgan fingerprint density at radius 2 is 2.25 bits per heavy atom. The standard InChI is InChI=1S/C8H16F2N2/c1-3-12(2)6-7-8(9,10)4-5-11-7/h7,11H,3-6H2,1-2H3. The predicted molar refractivity (Wildman–Crippen MR) is 44.5 cm³/mol. The van der Waals surface area contributed by atoms with Crippen molar-refractivity contribution < 1.29 is 8.78 Å². The molecular formula is C8H16F2N2. The Kier molecular flexibility index (Phi) is 3.01. The van der Waals surface area contributed by atoms with Gasteiger partial charge in [-0.1, -0.05) is 6.92 Å². The molecule has 0 aliphatic carbocycles. The van der Waals surface area contributed by atoms with Crippen molar-refractivity contribution in [1.82, 2.24) is 10.2 Å². The van der Waals surface area contributed by atoms with Gasteiger partial charge in [0, 0.05) is 19.5 Å². The van der Waals surface area contributed by atoms with E-state index in [4.69, 9.17) is 0 Å². The average Bonchev–Trinajstić information content (AvgIpc) is 2.31. The molecule has 1 heterocycles. The highest BCUT2D eigenvalue weighted by Gasteiger charge is 2.43. The van der Waals surface area contributed by atoms with Crippen LogP contribution in [-0.2, 0) is 0 Å². The van der Waals surface area contributed by atoms with E-state index in [0.717, 1.165) is 6.54 Å². The lowest BCUT2D eigenvalue weighted by molar-refractivity contribution is -0.0183. The van der Waals surface area contributed by atoms with Crippen molar-refractivity contribution in [3.05, 3.63) is 0 Å². The minimum absolute atomic E-state index is 0.0186. The third-order valence-corrected chi connectivity index (χ3v) is 2.39. The normalized spacial score (nSPS) is 28.2. The maximum absolute atomic E-state index is 13.0. The van der Waals surface area contributed by atoms with Gasteiger partial charge in [-0.2, -0.15) is 0 Å². The van der Waals surface area contributed by atoms with E-state index in [1.54, 1.807) is 0 Å². The van der Waals surface area contributed by atoms with Gasteiger partial charge in [0.15, 0.2) is 0 Å². The highest BCUT2D eigenvalue weighted by Crippen LogP contribution is 2.27. The van der Waals surface area contributed by atoms with Crippen molar-refractivity contribution in [2.24, 2.45) is 0 Å². The van der Waals surface area contributed by atoms with Crippen LogP contribution >= 0.6 is 0 Å². The number of nitrogens with zero attached hydrogens (tertiary/aromatic N) is 1. The molecule has 2 nitrogen and oxygen atoms in total. The lowest BCUT2D eigenvalue weighted by Gasteiger charge is -2.23. The third-order valence-electron chi connectivity index (χ3n) is 2.39. The fraction of sp³-hybridized carbons (Fsp3) is 1.00. The minimum atomic E-state index is -2.51. The Labute approximate surface area is 71.9 Å². The average molecular weight is 178 g/mol. The molecule has 72 valence electrons. The number of nitrogens with one attached hydrogen (secondary N) is 1. The lowest BCUT2D eigenvalue weighted by atomic mass is 10.1. The summed E-state index contributed by atoms with van der Waals surface area (Å²) in [6.07, 6.45) is -0.0186. The van der Waals surface area contributed by atoms with Crippen molar-refractivity contribution in [2.75, 3.05) is 26.7 Å². The summed E-state index contributed by atoms with van der Waals surface area (Å²) in [7, 11) is 1.86. The highest BCUT2D eigenvalue weighted by molar-refractivity contribution is 4.91. The van der Waals surface area contributed by atoms with E-state index in [1.165, 1.54) is 0 Å². The quantitative estimate of drug-likeness (QED) is 0.691. The maximum atomic E-state index is 13.0. The summed E-state index contributed by atoms with van der Waals surface area (Å²) in [6.45, 7) is 3.65. The number of hydrogen-bond donors (Lipinski definition) is 1. The van der Waals surface area contributed by atoms with Gasteiger partial charge in [0.1, 0.15) is 0 Å². The van der Waals surface area contributed by atoms with Crippen molar-refractivity contribution in [3.8, 4) is 0 Å². The van der Waals surface area contributed by atoms with Crippen LogP contribution < -0.4 is 5.32 Å². The molecule has 0 aromatic carbocycles. The first-order chi connectivity index (χ1) is 5.56. The number of halogens is 2. The summed E-state index contributed by atoms with van der Waals surface area (Å²) in [5.74, 6) is -2.51. The van der Waals surface area contributed by atoms with E-state index < -0.39 is 12.0 Å². The molecule has 1 fully saturated rings. The molecule has 0 amide bonds. The smallest absolute Gasteiger partial charge is 0.265 e. The van der Waals surface area contributed by atoms with Crippen LogP contribution in [0.4, 0.5) is 8.78 Å². The Morgan fingerprint density at radius 1 is 1.58 bits per heavy atom. The number of hydrogen-bond acceptors (Lipinski definition) is 2. The van der Waals surface area contributed by atoms with Gasteiger partial charge in [0.25, 0.3) is 5.92 Å². The van der Waals surface area contributed by atoms with Gasteiger partial charge < -0.3 is 10.2 Å². The first-order valence-corrected chi connectivity index (χ1v) is 4.36. The lowest BCUT2D eigenvalue weighted by Crippen LogP contribution is -2.44. The zero-order valence-electron chi connectivity index (χ0n) is 7.61. The number of alkyl halides is 2. The Hall–Kier alpha value is -0.220. The molecule has 12 heavy (non-hydrogen) atoms. The second-order valence-corrected chi connectivity index (χ2v) is 3.37. The van der Waals surface area contributed by atoms with Crippen LogP contribution in [-0.4, -0.2) is 43.5 Å². The molecule has 1 rings (SSSR count). The molecule has 0 aromatic rings. The van der Waals surface area contributed by atoms with E-state index in [9.17, 15) is 8.78 Å². The van der Waals surface area contributed by atoms with Gasteiger partial charge in [-0.3, -0.25) is 0 Å². The van der Waals surface area contributed by atoms with Crippen molar-refractivity contribution in [3.63, 3.8) is 0 Å². The van der Waals surface area contributed by atoms with Crippen LogP contribution in [0.15, 0.2) is 0 Å². The van der Waals surface area contributed by atoms with Crippen LogP contribution in [0.5, 0.6) is 0 Å². The fourth-order valence-corrected chi connectivity index (χ4v) is 1.38. The van der Waals surface area contributed by atoms with Crippen LogP contribution in [0.3, 0.4) is 0 Å². The summed E-state index contributed by atoms with van der Waals surface area (Å²) in [5, 5.41) is 2.82. The molecule has 4 heteroatoms. The number of likely N-dealkylation sites (N-methyl/N-ethyl adjacent to an activating group) is 1. The van der Waals surface area contributed by atoms with Gasteiger partial charge >= 0.3 is 0 Å². The summed E-state index contributed by atoms with van der Waals surface area (Å²) < 4.78 is 26.0. The second-order valence-electron chi connectivity index (χ2n) is 3.37. The molecular weight excluding hydrogens is 162 g/mol. The van der Waals surface area contributed by atoms with Crippen LogP contribution in [0, 0.1) is 0 Å². The van der Waals surface area contributed by atoms with Gasteiger partial charge in [-0.15, -0.1) is 0 Å². The second kappa shape index (κ2) is 3.66. The third kappa shape index (κ3) is 2.14. The molecule has 0 aromatic heterocycles. The van der Waals surface area contributed by atoms with Crippen molar-refractivity contribution in [1.29, 1.82) is 0 Å².